The van der Waals surface area contributed by atoms with Gasteiger partial charge >= 0.3 is 11.9 Å². The van der Waals surface area contributed by atoms with Crippen LogP contribution in [0.25, 0.3) is 0 Å². The summed E-state index contributed by atoms with van der Waals surface area (Å²) in [7, 11) is 1.34. The molecule has 114 valence electrons. The number of carbonyl (C=O) groups is 2. The van der Waals surface area contributed by atoms with E-state index < -0.39 is 5.97 Å². The second-order valence-corrected chi connectivity index (χ2v) is 4.85. The molecule has 0 aliphatic carbocycles. The predicted molar refractivity (Wildman–Crippen MR) is 77.2 cm³/mol. The highest BCUT2D eigenvalue weighted by molar-refractivity contribution is 5.90. The van der Waals surface area contributed by atoms with E-state index in [9.17, 15) is 9.59 Å². The van der Waals surface area contributed by atoms with Crippen molar-refractivity contribution >= 4 is 17.8 Å². The van der Waals surface area contributed by atoms with Crippen LogP contribution in [0.15, 0.2) is 18.3 Å². The summed E-state index contributed by atoms with van der Waals surface area (Å²) >= 11 is 0. The van der Waals surface area contributed by atoms with Gasteiger partial charge in [-0.25, -0.2) is 14.6 Å². The van der Waals surface area contributed by atoms with E-state index in [-0.39, 0.29) is 12.0 Å². The van der Waals surface area contributed by atoms with Crippen molar-refractivity contribution in [3.63, 3.8) is 0 Å². The summed E-state index contributed by atoms with van der Waals surface area (Å²) in [5.41, 5.74) is 0.427. The van der Waals surface area contributed by atoms with Crippen molar-refractivity contribution in [2.45, 2.75) is 32.2 Å². The summed E-state index contributed by atoms with van der Waals surface area (Å²) in [4.78, 5) is 29.9. The number of esters is 2. The van der Waals surface area contributed by atoms with E-state index in [0.717, 1.165) is 25.8 Å². The van der Waals surface area contributed by atoms with Crippen LogP contribution in [0.5, 0.6) is 0 Å². The first kappa shape index (κ1) is 15.3. The van der Waals surface area contributed by atoms with E-state index >= 15 is 0 Å². The Hall–Kier alpha value is -2.11. The lowest BCUT2D eigenvalue weighted by Crippen LogP contribution is -2.46. The number of pyridine rings is 1. The minimum Gasteiger partial charge on any atom is -0.465 e. The van der Waals surface area contributed by atoms with Gasteiger partial charge in [0.2, 0.25) is 0 Å². The van der Waals surface area contributed by atoms with Gasteiger partial charge in [0.05, 0.1) is 19.3 Å². The van der Waals surface area contributed by atoms with Gasteiger partial charge in [0.25, 0.3) is 0 Å². The molecule has 1 fully saturated rings. The van der Waals surface area contributed by atoms with Gasteiger partial charge < -0.3 is 14.4 Å². The number of nitrogens with zero attached hydrogens (tertiary/aromatic N) is 2. The quantitative estimate of drug-likeness (QED) is 0.788. The molecule has 6 heteroatoms. The summed E-state index contributed by atoms with van der Waals surface area (Å²) in [5, 5.41) is 0. The molecule has 1 aromatic rings. The maximum Gasteiger partial charge on any atom is 0.338 e. The summed E-state index contributed by atoms with van der Waals surface area (Å²) in [6.07, 6.45) is 4.26. The maximum absolute atomic E-state index is 12.1. The zero-order chi connectivity index (χ0) is 15.2. The number of ether oxygens (including phenoxy) is 2. The molecule has 0 aromatic carbocycles. The molecule has 1 aromatic heterocycles. The monoisotopic (exact) mass is 292 g/mol. The van der Waals surface area contributed by atoms with Crippen LogP contribution in [-0.2, 0) is 14.3 Å². The highest BCUT2D eigenvalue weighted by Gasteiger charge is 2.31. The molecule has 0 spiro atoms. The number of aromatic nitrogens is 1. The molecule has 0 saturated carbocycles. The molecule has 21 heavy (non-hydrogen) atoms. The molecule has 1 aliphatic rings. The Kier molecular flexibility index (Phi) is 5.14. The van der Waals surface area contributed by atoms with Gasteiger partial charge in [-0.3, -0.25) is 0 Å². The molecule has 1 atom stereocenters. The van der Waals surface area contributed by atoms with Crippen molar-refractivity contribution in [2.24, 2.45) is 0 Å². The topological polar surface area (TPSA) is 68.7 Å². The standard InChI is InChI=1S/C15H20N2O4/c1-3-21-15(19)12-6-4-5-9-17(12)13-10-11(7-8-16-13)14(18)20-2/h7-8,10,12H,3-6,9H2,1-2H3. The highest BCUT2D eigenvalue weighted by atomic mass is 16.5. The molecule has 2 rings (SSSR count). The Morgan fingerprint density at radius 3 is 2.95 bits per heavy atom. The fourth-order valence-electron chi connectivity index (χ4n) is 2.51. The minimum absolute atomic E-state index is 0.234. The summed E-state index contributed by atoms with van der Waals surface area (Å²) in [6.45, 7) is 2.88. The third kappa shape index (κ3) is 3.51. The van der Waals surface area contributed by atoms with Crippen LogP contribution >= 0.6 is 0 Å². The lowest BCUT2D eigenvalue weighted by molar-refractivity contribution is -0.145. The molecule has 6 nitrogen and oxygen atoms in total. The Labute approximate surface area is 124 Å². The minimum atomic E-state index is -0.414. The predicted octanol–water partition coefficient (Wildman–Crippen LogP) is 1.79. The van der Waals surface area contributed by atoms with Gasteiger partial charge in [0.1, 0.15) is 11.9 Å². The van der Waals surface area contributed by atoms with E-state index in [0.29, 0.717) is 18.0 Å². The third-order valence-electron chi connectivity index (χ3n) is 3.52. The molecule has 1 saturated heterocycles. The number of methoxy groups -OCH3 is 1. The molecule has 0 N–H and O–H groups in total. The molecule has 1 aliphatic heterocycles. The number of carbonyl (C=O) groups excluding carboxylic acids is 2. The highest BCUT2D eigenvalue weighted by Crippen LogP contribution is 2.24. The number of hydrogen-bond donors (Lipinski definition) is 0. The van der Waals surface area contributed by atoms with Crippen LogP contribution in [0.4, 0.5) is 5.82 Å². The van der Waals surface area contributed by atoms with Gasteiger partial charge in [-0.15, -0.1) is 0 Å². The van der Waals surface area contributed by atoms with E-state index in [1.165, 1.54) is 7.11 Å². The molecular formula is C15H20N2O4. The van der Waals surface area contributed by atoms with Gasteiger partial charge in [-0.05, 0) is 38.3 Å². The number of rotatable bonds is 4. The van der Waals surface area contributed by atoms with E-state index in [1.807, 2.05) is 4.90 Å². The van der Waals surface area contributed by atoms with Crippen LogP contribution in [-0.4, -0.2) is 43.2 Å². The van der Waals surface area contributed by atoms with E-state index in [4.69, 9.17) is 9.47 Å². The number of hydrogen-bond acceptors (Lipinski definition) is 6. The summed E-state index contributed by atoms with van der Waals surface area (Å²) < 4.78 is 9.85. The van der Waals surface area contributed by atoms with Crippen molar-refractivity contribution in [3.05, 3.63) is 23.9 Å². The Balaban J connectivity index is 2.24. The van der Waals surface area contributed by atoms with E-state index in [2.05, 4.69) is 4.98 Å². The molecular weight excluding hydrogens is 272 g/mol. The third-order valence-corrected chi connectivity index (χ3v) is 3.52. The lowest BCUT2D eigenvalue weighted by atomic mass is 10.0. The van der Waals surface area contributed by atoms with Crippen LogP contribution in [0.1, 0.15) is 36.5 Å². The van der Waals surface area contributed by atoms with Crippen LogP contribution in [0, 0.1) is 0 Å². The van der Waals surface area contributed by atoms with Gasteiger partial charge in [0, 0.05) is 12.7 Å². The fraction of sp³-hybridized carbons (Fsp3) is 0.533. The fourth-order valence-corrected chi connectivity index (χ4v) is 2.51. The maximum atomic E-state index is 12.1. The van der Waals surface area contributed by atoms with Crippen molar-refractivity contribution in [3.8, 4) is 0 Å². The Morgan fingerprint density at radius 1 is 1.43 bits per heavy atom. The zero-order valence-corrected chi connectivity index (χ0v) is 12.4. The summed E-state index contributed by atoms with van der Waals surface area (Å²) in [6, 6.07) is 2.92. The smallest absolute Gasteiger partial charge is 0.338 e. The molecule has 0 radical (unpaired) electrons. The lowest BCUT2D eigenvalue weighted by Gasteiger charge is -2.34. The van der Waals surface area contributed by atoms with Crippen LogP contribution < -0.4 is 4.90 Å². The first-order chi connectivity index (χ1) is 10.2. The van der Waals surface area contributed by atoms with Crippen molar-refractivity contribution < 1.29 is 19.1 Å². The summed E-state index contributed by atoms with van der Waals surface area (Å²) in [5.74, 6) is -0.0403. The SMILES string of the molecule is CCOC(=O)C1CCCCN1c1cc(C(=O)OC)ccn1. The molecule has 0 amide bonds. The van der Waals surface area contributed by atoms with Crippen molar-refractivity contribution in [1.82, 2.24) is 4.98 Å². The second-order valence-electron chi connectivity index (χ2n) is 4.85. The van der Waals surface area contributed by atoms with Gasteiger partial charge in [0.15, 0.2) is 0 Å². The second kappa shape index (κ2) is 7.06. The van der Waals surface area contributed by atoms with Crippen LogP contribution in [0.2, 0.25) is 0 Å². The average molecular weight is 292 g/mol. The normalized spacial score (nSPS) is 18.2. The van der Waals surface area contributed by atoms with Gasteiger partial charge in [-0.1, -0.05) is 0 Å². The van der Waals surface area contributed by atoms with Crippen molar-refractivity contribution in [1.29, 1.82) is 0 Å². The average Bonchev–Trinajstić information content (AvgIpc) is 2.54. The van der Waals surface area contributed by atoms with Crippen LogP contribution in [0.3, 0.4) is 0 Å². The first-order valence-electron chi connectivity index (χ1n) is 7.15. The molecule has 0 bridgehead atoms. The number of anilines is 1. The largest absolute Gasteiger partial charge is 0.465 e. The van der Waals surface area contributed by atoms with Crippen molar-refractivity contribution in [2.75, 3.05) is 25.2 Å². The number of piperidine rings is 1. The van der Waals surface area contributed by atoms with Gasteiger partial charge in [-0.2, -0.15) is 0 Å². The molecule has 2 heterocycles. The van der Waals surface area contributed by atoms with E-state index in [1.54, 1.807) is 25.3 Å². The Bertz CT molecular complexity index is 518. The zero-order valence-electron chi connectivity index (χ0n) is 12.4. The Morgan fingerprint density at radius 2 is 2.24 bits per heavy atom. The molecule has 1 unspecified atom stereocenters. The first-order valence-corrected chi connectivity index (χ1v) is 7.15.